The van der Waals surface area contributed by atoms with Crippen molar-refractivity contribution in [1.82, 2.24) is 4.39 Å². The number of benzene rings is 1. The first kappa shape index (κ1) is 21.6. The van der Waals surface area contributed by atoms with Gasteiger partial charge in [0.25, 0.3) is 0 Å². The van der Waals surface area contributed by atoms with Crippen LogP contribution < -0.4 is 4.39 Å². The standard InChI is InChI=1S/C15H22F3NO4SSi/c1-14(2,3)25(5,6)19-24(21,22)12-9-10(15(16,17)18)7-8-11(12)13(20)23-4/h7-9,19H,1-6H3. The minimum absolute atomic E-state index is 0.396. The van der Waals surface area contributed by atoms with E-state index in [1.807, 2.05) is 20.8 Å². The van der Waals surface area contributed by atoms with Gasteiger partial charge in [0, 0.05) is 0 Å². The third-order valence-electron chi connectivity index (χ3n) is 4.27. The minimum Gasteiger partial charge on any atom is -0.465 e. The van der Waals surface area contributed by atoms with Gasteiger partial charge in [0.1, 0.15) is 8.24 Å². The first-order valence-corrected chi connectivity index (χ1v) is 11.8. The Morgan fingerprint density at radius 2 is 1.68 bits per heavy atom. The van der Waals surface area contributed by atoms with E-state index in [-0.39, 0.29) is 0 Å². The molecule has 0 spiro atoms. The molecule has 0 unspecified atom stereocenters. The van der Waals surface area contributed by atoms with Crippen molar-refractivity contribution in [2.75, 3.05) is 7.11 Å². The highest BCUT2D eigenvalue weighted by atomic mass is 32.2. The van der Waals surface area contributed by atoms with E-state index >= 15 is 0 Å². The van der Waals surface area contributed by atoms with Crippen molar-refractivity contribution in [3.8, 4) is 0 Å². The maximum atomic E-state index is 13.0. The number of carbonyl (C=O) groups is 1. The zero-order chi connectivity index (χ0) is 19.8. The molecule has 1 N–H and O–H groups in total. The van der Waals surface area contributed by atoms with Crippen LogP contribution in [0.1, 0.15) is 36.7 Å². The zero-order valence-corrected chi connectivity index (χ0v) is 16.7. The summed E-state index contributed by atoms with van der Waals surface area (Å²) < 4.78 is 71.5. The van der Waals surface area contributed by atoms with Gasteiger partial charge in [-0.05, 0) is 23.2 Å². The number of sulfonamides is 1. The number of halogens is 3. The summed E-state index contributed by atoms with van der Waals surface area (Å²) in [4.78, 5) is 11.1. The van der Waals surface area contributed by atoms with Gasteiger partial charge in [-0.1, -0.05) is 33.9 Å². The van der Waals surface area contributed by atoms with Gasteiger partial charge in [0.05, 0.1) is 23.1 Å². The Bertz CT molecular complexity index is 768. The molecule has 0 aliphatic heterocycles. The van der Waals surface area contributed by atoms with E-state index in [0.29, 0.717) is 12.1 Å². The van der Waals surface area contributed by atoms with E-state index in [9.17, 15) is 26.4 Å². The van der Waals surface area contributed by atoms with Crippen molar-refractivity contribution in [3.05, 3.63) is 29.3 Å². The first-order valence-electron chi connectivity index (χ1n) is 7.36. The molecule has 1 aromatic carbocycles. The molecule has 0 heterocycles. The number of hydrogen-bond donors (Lipinski definition) is 1. The Balaban J connectivity index is 3.58. The van der Waals surface area contributed by atoms with Crippen LogP contribution in [0.4, 0.5) is 13.2 Å². The van der Waals surface area contributed by atoms with Crippen LogP contribution in [0.3, 0.4) is 0 Å². The highest BCUT2D eigenvalue weighted by Crippen LogP contribution is 2.36. The molecule has 0 radical (unpaired) electrons. The Kier molecular flexibility index (Phi) is 5.83. The second-order valence-corrected chi connectivity index (χ2v) is 14.2. The van der Waals surface area contributed by atoms with Gasteiger partial charge in [-0.2, -0.15) is 13.2 Å². The molecule has 10 heteroatoms. The van der Waals surface area contributed by atoms with Gasteiger partial charge in [-0.3, -0.25) is 0 Å². The topological polar surface area (TPSA) is 72.5 Å². The van der Waals surface area contributed by atoms with Gasteiger partial charge in [0.2, 0.25) is 10.0 Å². The van der Waals surface area contributed by atoms with Crippen LogP contribution in [0.5, 0.6) is 0 Å². The summed E-state index contributed by atoms with van der Waals surface area (Å²) in [6.07, 6.45) is -4.74. The van der Waals surface area contributed by atoms with E-state index in [1.165, 1.54) is 0 Å². The van der Waals surface area contributed by atoms with Crippen molar-refractivity contribution in [3.63, 3.8) is 0 Å². The average molecular weight is 397 g/mol. The van der Waals surface area contributed by atoms with E-state index in [1.54, 1.807) is 13.1 Å². The second kappa shape index (κ2) is 6.73. The third kappa shape index (κ3) is 4.82. The summed E-state index contributed by atoms with van der Waals surface area (Å²) in [7, 11) is -5.96. The lowest BCUT2D eigenvalue weighted by Crippen LogP contribution is -2.54. The number of rotatable bonds is 4. The Morgan fingerprint density at radius 3 is 2.08 bits per heavy atom. The largest absolute Gasteiger partial charge is 0.465 e. The smallest absolute Gasteiger partial charge is 0.416 e. The van der Waals surface area contributed by atoms with Crippen LogP contribution in [-0.4, -0.2) is 29.7 Å². The maximum Gasteiger partial charge on any atom is 0.416 e. The predicted molar refractivity (Wildman–Crippen MR) is 90.3 cm³/mol. The number of carbonyl (C=O) groups excluding carboxylic acids is 1. The van der Waals surface area contributed by atoms with E-state index in [4.69, 9.17) is 0 Å². The second-order valence-electron chi connectivity index (χ2n) is 7.18. The molecule has 0 aromatic heterocycles. The number of methoxy groups -OCH3 is 1. The fourth-order valence-electron chi connectivity index (χ4n) is 1.74. The fraction of sp³-hybridized carbons (Fsp3) is 0.533. The maximum absolute atomic E-state index is 13.0. The molecule has 0 saturated carbocycles. The summed E-state index contributed by atoms with van der Waals surface area (Å²) in [6.45, 7) is 9.02. The van der Waals surface area contributed by atoms with E-state index in [0.717, 1.165) is 13.2 Å². The Labute approximate surface area is 146 Å². The lowest BCUT2D eigenvalue weighted by atomic mass is 10.1. The van der Waals surface area contributed by atoms with Gasteiger partial charge < -0.3 is 4.74 Å². The average Bonchev–Trinajstić information content (AvgIpc) is 2.42. The number of hydrogen-bond acceptors (Lipinski definition) is 4. The molecule has 5 nitrogen and oxygen atoms in total. The van der Waals surface area contributed by atoms with E-state index < -0.39 is 51.5 Å². The highest BCUT2D eigenvalue weighted by Gasteiger charge is 2.41. The van der Waals surface area contributed by atoms with Gasteiger partial charge in [-0.25, -0.2) is 17.6 Å². The molecular formula is C15H22F3NO4SSi. The van der Waals surface area contributed by atoms with Crippen LogP contribution >= 0.6 is 0 Å². The van der Waals surface area contributed by atoms with E-state index in [2.05, 4.69) is 9.12 Å². The van der Waals surface area contributed by atoms with Gasteiger partial charge >= 0.3 is 12.1 Å². The summed E-state index contributed by atoms with van der Waals surface area (Å²) in [5, 5.41) is -0.396. The molecule has 1 aromatic rings. The monoisotopic (exact) mass is 397 g/mol. The van der Waals surface area contributed by atoms with Crippen molar-refractivity contribution in [1.29, 1.82) is 0 Å². The molecule has 0 fully saturated rings. The first-order chi connectivity index (χ1) is 11.0. The quantitative estimate of drug-likeness (QED) is 0.620. The zero-order valence-electron chi connectivity index (χ0n) is 14.9. The van der Waals surface area contributed by atoms with Gasteiger partial charge in [0.15, 0.2) is 0 Å². The lowest BCUT2D eigenvalue weighted by molar-refractivity contribution is -0.137. The molecule has 0 saturated heterocycles. The summed E-state index contributed by atoms with van der Waals surface area (Å²) in [5.74, 6) is -1.02. The SMILES string of the molecule is COC(=O)c1ccc(C(F)(F)F)cc1S(=O)(=O)N[Si](C)(C)C(C)(C)C. The van der Waals surface area contributed by atoms with Crippen molar-refractivity contribution >= 4 is 24.2 Å². The molecule has 25 heavy (non-hydrogen) atoms. The number of esters is 1. The lowest BCUT2D eigenvalue weighted by Gasteiger charge is -2.36. The van der Waals surface area contributed by atoms with Gasteiger partial charge in [-0.15, -0.1) is 0 Å². The molecule has 0 aliphatic carbocycles. The number of ether oxygens (including phenoxy) is 1. The molecular weight excluding hydrogens is 375 g/mol. The third-order valence-corrected chi connectivity index (χ3v) is 12.1. The fourth-order valence-corrected chi connectivity index (χ4v) is 6.82. The minimum atomic E-state index is -4.74. The number of alkyl halides is 3. The van der Waals surface area contributed by atoms with Crippen LogP contribution in [-0.2, 0) is 20.9 Å². The van der Waals surface area contributed by atoms with Crippen molar-refractivity contribution in [2.24, 2.45) is 0 Å². The molecule has 0 bridgehead atoms. The molecule has 0 amide bonds. The molecule has 1 rings (SSSR count). The number of nitrogens with one attached hydrogen (secondary N) is 1. The molecule has 0 atom stereocenters. The van der Waals surface area contributed by atoms with Crippen LogP contribution in [0.2, 0.25) is 18.1 Å². The highest BCUT2D eigenvalue weighted by molar-refractivity contribution is 7.91. The summed E-state index contributed by atoms with van der Waals surface area (Å²) >= 11 is 0. The van der Waals surface area contributed by atoms with Crippen molar-refractivity contribution in [2.45, 2.75) is 50.0 Å². The normalized spacial score (nSPS) is 13.6. The molecule has 0 aliphatic rings. The Morgan fingerprint density at radius 1 is 1.16 bits per heavy atom. The summed E-state index contributed by atoms with van der Waals surface area (Å²) in [6, 6.07) is 1.92. The van der Waals surface area contributed by atoms with Crippen molar-refractivity contribution < 1.29 is 31.1 Å². The van der Waals surface area contributed by atoms with Crippen LogP contribution in [0, 0.1) is 0 Å². The Hall–Kier alpha value is -1.39. The predicted octanol–water partition coefficient (Wildman–Crippen LogP) is 3.78. The van der Waals surface area contributed by atoms with Crippen LogP contribution in [0.15, 0.2) is 23.1 Å². The summed E-state index contributed by atoms with van der Waals surface area (Å²) in [5.41, 5.74) is -1.60. The van der Waals surface area contributed by atoms with Crippen LogP contribution in [0.25, 0.3) is 0 Å². The molecule has 142 valence electrons.